The molecule has 18 heavy (non-hydrogen) atoms. The van der Waals surface area contributed by atoms with Crippen molar-refractivity contribution in [1.82, 2.24) is 9.97 Å². The number of anilines is 4. The average Bonchev–Trinajstić information content (AvgIpc) is 2.34. The average molecular weight is 308 g/mol. The smallest absolute Gasteiger partial charge is 0.222 e. The molecular formula is C12H14BrN5. The van der Waals surface area contributed by atoms with E-state index in [9.17, 15) is 0 Å². The van der Waals surface area contributed by atoms with E-state index in [-0.39, 0.29) is 5.95 Å². The van der Waals surface area contributed by atoms with Crippen LogP contribution in [-0.2, 0) is 0 Å². The van der Waals surface area contributed by atoms with Gasteiger partial charge in [-0.3, -0.25) is 0 Å². The molecule has 2 rings (SSSR count). The zero-order valence-corrected chi connectivity index (χ0v) is 11.8. The molecule has 94 valence electrons. The van der Waals surface area contributed by atoms with Crippen LogP contribution in [0.15, 0.2) is 34.9 Å². The van der Waals surface area contributed by atoms with Crippen LogP contribution in [0, 0.1) is 0 Å². The van der Waals surface area contributed by atoms with Gasteiger partial charge in [0, 0.05) is 20.3 Å². The molecule has 0 aliphatic rings. The summed E-state index contributed by atoms with van der Waals surface area (Å²) in [6.45, 7) is 0. The van der Waals surface area contributed by atoms with Crippen LogP contribution in [0.3, 0.4) is 0 Å². The molecule has 0 bridgehead atoms. The molecule has 3 N–H and O–H groups in total. The van der Waals surface area contributed by atoms with E-state index in [1.54, 1.807) is 6.20 Å². The molecule has 1 heterocycles. The minimum absolute atomic E-state index is 0.239. The number of aromatic nitrogens is 2. The molecule has 0 spiro atoms. The first kappa shape index (κ1) is 12.6. The molecule has 0 radical (unpaired) electrons. The maximum atomic E-state index is 5.59. The van der Waals surface area contributed by atoms with Crippen molar-refractivity contribution in [3.8, 4) is 0 Å². The molecule has 0 amide bonds. The number of nitrogens with one attached hydrogen (secondary N) is 1. The zero-order chi connectivity index (χ0) is 13.1. The van der Waals surface area contributed by atoms with Gasteiger partial charge in [0.15, 0.2) is 0 Å². The monoisotopic (exact) mass is 307 g/mol. The van der Waals surface area contributed by atoms with Crippen molar-refractivity contribution in [2.24, 2.45) is 0 Å². The minimum atomic E-state index is 0.239. The number of benzene rings is 1. The van der Waals surface area contributed by atoms with E-state index >= 15 is 0 Å². The summed E-state index contributed by atoms with van der Waals surface area (Å²) >= 11 is 3.39. The predicted molar refractivity (Wildman–Crippen MR) is 78.2 cm³/mol. The van der Waals surface area contributed by atoms with Crippen molar-refractivity contribution in [2.75, 3.05) is 30.0 Å². The lowest BCUT2D eigenvalue weighted by molar-refractivity contribution is 1.13. The van der Waals surface area contributed by atoms with E-state index in [1.807, 2.05) is 43.3 Å². The number of hydrogen-bond donors (Lipinski definition) is 2. The molecule has 1 aromatic carbocycles. The summed E-state index contributed by atoms with van der Waals surface area (Å²) < 4.78 is 0.769. The molecule has 0 atom stereocenters. The third-order valence-electron chi connectivity index (χ3n) is 2.40. The van der Waals surface area contributed by atoms with Crippen LogP contribution in [0.2, 0.25) is 0 Å². The summed E-state index contributed by atoms with van der Waals surface area (Å²) in [4.78, 5) is 10.1. The molecule has 0 saturated carbocycles. The summed E-state index contributed by atoms with van der Waals surface area (Å²) in [5, 5.41) is 3.24. The van der Waals surface area contributed by atoms with Gasteiger partial charge < -0.3 is 16.0 Å². The summed E-state index contributed by atoms with van der Waals surface area (Å²) in [5.41, 5.74) is 7.62. The van der Waals surface area contributed by atoms with Gasteiger partial charge in [0.25, 0.3) is 0 Å². The van der Waals surface area contributed by atoms with Crippen LogP contribution in [0.1, 0.15) is 0 Å². The van der Waals surface area contributed by atoms with E-state index in [2.05, 4.69) is 31.2 Å². The molecule has 0 unspecified atom stereocenters. The third kappa shape index (κ3) is 2.70. The van der Waals surface area contributed by atoms with Gasteiger partial charge in [0.1, 0.15) is 5.82 Å². The molecule has 0 fully saturated rings. The van der Waals surface area contributed by atoms with Crippen LogP contribution >= 0.6 is 15.9 Å². The predicted octanol–water partition coefficient (Wildman–Crippen LogP) is 2.63. The minimum Gasteiger partial charge on any atom is -0.376 e. The number of nitrogens with two attached hydrogens (primary N) is 1. The standard InChI is InChI=1S/C12H14BrN5/c1-18(2)10-6-4-3-5-9(10)16-11-8(13)7-15-12(14)17-11/h3-7H,1-2H3,(H3,14,15,16,17). The van der Waals surface area contributed by atoms with Crippen LogP contribution in [0.5, 0.6) is 0 Å². The fraction of sp³-hybridized carbons (Fsp3) is 0.167. The molecule has 6 heteroatoms. The highest BCUT2D eigenvalue weighted by Gasteiger charge is 2.08. The second-order valence-corrected chi connectivity index (χ2v) is 4.82. The molecule has 2 aromatic rings. The summed E-state index contributed by atoms with van der Waals surface area (Å²) in [6, 6.07) is 7.97. The lowest BCUT2D eigenvalue weighted by atomic mass is 10.2. The Hall–Kier alpha value is -1.82. The number of rotatable bonds is 3. The van der Waals surface area contributed by atoms with Crippen LogP contribution < -0.4 is 16.0 Å². The lowest BCUT2D eigenvalue weighted by Crippen LogP contribution is -2.11. The highest BCUT2D eigenvalue weighted by atomic mass is 79.9. The molecule has 1 aromatic heterocycles. The molecular weight excluding hydrogens is 294 g/mol. The van der Waals surface area contributed by atoms with Gasteiger partial charge in [-0.25, -0.2) is 4.98 Å². The Labute approximate surface area is 114 Å². The Morgan fingerprint density at radius 3 is 2.72 bits per heavy atom. The first-order chi connectivity index (χ1) is 8.58. The third-order valence-corrected chi connectivity index (χ3v) is 2.98. The highest BCUT2D eigenvalue weighted by Crippen LogP contribution is 2.29. The van der Waals surface area contributed by atoms with Crippen molar-refractivity contribution < 1.29 is 0 Å². The Bertz CT molecular complexity index is 556. The first-order valence-electron chi connectivity index (χ1n) is 5.39. The molecule has 0 saturated heterocycles. The topological polar surface area (TPSA) is 67.1 Å². The van der Waals surface area contributed by atoms with E-state index in [0.29, 0.717) is 5.82 Å². The van der Waals surface area contributed by atoms with Gasteiger partial charge in [-0.05, 0) is 28.1 Å². The van der Waals surface area contributed by atoms with Crippen LogP contribution in [0.25, 0.3) is 0 Å². The van der Waals surface area contributed by atoms with Gasteiger partial charge in [0.05, 0.1) is 15.8 Å². The van der Waals surface area contributed by atoms with Gasteiger partial charge >= 0.3 is 0 Å². The van der Waals surface area contributed by atoms with Crippen molar-refractivity contribution >= 4 is 39.1 Å². The number of hydrogen-bond acceptors (Lipinski definition) is 5. The lowest BCUT2D eigenvalue weighted by Gasteiger charge is -2.18. The van der Waals surface area contributed by atoms with Crippen molar-refractivity contribution in [2.45, 2.75) is 0 Å². The second-order valence-electron chi connectivity index (χ2n) is 3.96. The number of nitrogens with zero attached hydrogens (tertiary/aromatic N) is 3. The Morgan fingerprint density at radius 1 is 1.28 bits per heavy atom. The van der Waals surface area contributed by atoms with Gasteiger partial charge in [-0.2, -0.15) is 4.98 Å². The Morgan fingerprint density at radius 2 is 2.00 bits per heavy atom. The summed E-state index contributed by atoms with van der Waals surface area (Å²) in [6.07, 6.45) is 1.63. The number of halogens is 1. The summed E-state index contributed by atoms with van der Waals surface area (Å²) in [5.74, 6) is 0.889. The van der Waals surface area contributed by atoms with Crippen LogP contribution in [0.4, 0.5) is 23.1 Å². The molecule has 0 aliphatic heterocycles. The van der Waals surface area contributed by atoms with Crippen molar-refractivity contribution in [3.05, 3.63) is 34.9 Å². The van der Waals surface area contributed by atoms with Crippen molar-refractivity contribution in [3.63, 3.8) is 0 Å². The number of nitrogen functional groups attached to an aromatic ring is 1. The quantitative estimate of drug-likeness (QED) is 0.912. The van der Waals surface area contributed by atoms with E-state index in [4.69, 9.17) is 5.73 Å². The van der Waals surface area contributed by atoms with Crippen LogP contribution in [-0.4, -0.2) is 24.1 Å². The number of para-hydroxylation sites is 2. The fourth-order valence-electron chi connectivity index (χ4n) is 1.57. The zero-order valence-electron chi connectivity index (χ0n) is 10.2. The largest absolute Gasteiger partial charge is 0.376 e. The van der Waals surface area contributed by atoms with E-state index in [0.717, 1.165) is 15.8 Å². The fourth-order valence-corrected chi connectivity index (χ4v) is 1.86. The van der Waals surface area contributed by atoms with Gasteiger partial charge in [-0.1, -0.05) is 12.1 Å². The van der Waals surface area contributed by atoms with E-state index in [1.165, 1.54) is 0 Å². The SMILES string of the molecule is CN(C)c1ccccc1Nc1nc(N)ncc1Br. The van der Waals surface area contributed by atoms with Gasteiger partial charge in [-0.15, -0.1) is 0 Å². The Balaban J connectivity index is 2.37. The normalized spacial score (nSPS) is 10.2. The highest BCUT2D eigenvalue weighted by molar-refractivity contribution is 9.10. The van der Waals surface area contributed by atoms with E-state index < -0.39 is 0 Å². The first-order valence-corrected chi connectivity index (χ1v) is 6.18. The van der Waals surface area contributed by atoms with Gasteiger partial charge in [0.2, 0.25) is 5.95 Å². The second kappa shape index (κ2) is 5.22. The Kier molecular flexibility index (Phi) is 3.66. The summed E-state index contributed by atoms with van der Waals surface area (Å²) in [7, 11) is 3.98. The maximum Gasteiger partial charge on any atom is 0.222 e. The molecule has 0 aliphatic carbocycles. The maximum absolute atomic E-state index is 5.59. The molecule has 5 nitrogen and oxygen atoms in total. The van der Waals surface area contributed by atoms with Crippen molar-refractivity contribution in [1.29, 1.82) is 0 Å².